The molecule has 0 fully saturated rings. The van der Waals surface area contributed by atoms with E-state index in [0.29, 0.717) is 0 Å². The molecular formula is C14H18N2. The van der Waals surface area contributed by atoms with E-state index >= 15 is 0 Å². The second-order valence-corrected chi connectivity index (χ2v) is 3.58. The minimum Gasteiger partial charge on any atom is -0.234 e. The van der Waals surface area contributed by atoms with E-state index in [-0.39, 0.29) is 0 Å². The van der Waals surface area contributed by atoms with Crippen molar-refractivity contribution >= 4 is 11.6 Å². The van der Waals surface area contributed by atoms with Gasteiger partial charge in [-0.05, 0) is 31.1 Å². The monoisotopic (exact) mass is 214 g/mol. The summed E-state index contributed by atoms with van der Waals surface area (Å²) in [6.07, 6.45) is 7.88. The van der Waals surface area contributed by atoms with Crippen molar-refractivity contribution in [2.45, 2.75) is 26.7 Å². The third-order valence-electron chi connectivity index (χ3n) is 2.24. The zero-order valence-corrected chi connectivity index (χ0v) is 10.0. The summed E-state index contributed by atoms with van der Waals surface area (Å²) in [5.41, 5.74) is 2.84. The van der Waals surface area contributed by atoms with Crippen molar-refractivity contribution in [2.75, 3.05) is 0 Å². The topological polar surface area (TPSA) is 25.8 Å². The molecule has 84 valence electrons. The van der Waals surface area contributed by atoms with Crippen LogP contribution in [0.5, 0.6) is 0 Å². The molecular weight excluding hydrogens is 196 g/mol. The fourth-order valence-electron chi connectivity index (χ4n) is 1.44. The lowest BCUT2D eigenvalue weighted by Crippen LogP contribution is -1.96. The first-order chi connectivity index (χ1) is 7.71. The molecule has 0 bridgehead atoms. The van der Waals surface area contributed by atoms with E-state index in [0.717, 1.165) is 35.6 Å². The SMILES string of the molecule is C=C/C(=C\CCC)c1cc(C=C)nc(C)n1. The molecule has 0 aromatic carbocycles. The first-order valence-electron chi connectivity index (χ1n) is 5.52. The maximum absolute atomic E-state index is 4.41. The summed E-state index contributed by atoms with van der Waals surface area (Å²) in [6, 6.07) is 1.93. The summed E-state index contributed by atoms with van der Waals surface area (Å²) < 4.78 is 0. The van der Waals surface area contributed by atoms with Crippen molar-refractivity contribution in [2.24, 2.45) is 0 Å². The maximum Gasteiger partial charge on any atom is 0.126 e. The molecule has 2 nitrogen and oxygen atoms in total. The zero-order valence-electron chi connectivity index (χ0n) is 10.0. The highest BCUT2D eigenvalue weighted by Gasteiger charge is 2.02. The van der Waals surface area contributed by atoms with Crippen molar-refractivity contribution in [1.82, 2.24) is 9.97 Å². The first kappa shape index (κ1) is 12.4. The van der Waals surface area contributed by atoms with Crippen LogP contribution < -0.4 is 0 Å². The molecule has 0 aliphatic heterocycles. The lowest BCUT2D eigenvalue weighted by atomic mass is 10.1. The summed E-state index contributed by atoms with van der Waals surface area (Å²) in [5, 5.41) is 0. The molecule has 0 spiro atoms. The number of allylic oxidation sites excluding steroid dienone is 3. The Kier molecular flexibility index (Phi) is 4.65. The van der Waals surface area contributed by atoms with Crippen LogP contribution in [-0.2, 0) is 0 Å². The van der Waals surface area contributed by atoms with E-state index in [1.807, 2.05) is 19.1 Å². The molecule has 1 rings (SSSR count). The summed E-state index contributed by atoms with van der Waals surface area (Å²) in [6.45, 7) is 11.6. The van der Waals surface area contributed by atoms with Gasteiger partial charge in [-0.25, -0.2) is 9.97 Å². The van der Waals surface area contributed by atoms with E-state index in [2.05, 4.69) is 36.1 Å². The van der Waals surface area contributed by atoms with Crippen LogP contribution in [0.3, 0.4) is 0 Å². The number of aromatic nitrogens is 2. The molecule has 0 saturated carbocycles. The minimum atomic E-state index is 0.761. The molecule has 0 atom stereocenters. The molecule has 0 N–H and O–H groups in total. The number of aryl methyl sites for hydroxylation is 1. The normalized spacial score (nSPS) is 11.2. The van der Waals surface area contributed by atoms with Crippen molar-refractivity contribution in [1.29, 1.82) is 0 Å². The van der Waals surface area contributed by atoms with Crippen molar-refractivity contribution < 1.29 is 0 Å². The molecule has 16 heavy (non-hydrogen) atoms. The lowest BCUT2D eigenvalue weighted by Gasteiger charge is -2.04. The van der Waals surface area contributed by atoms with E-state index in [1.165, 1.54) is 0 Å². The van der Waals surface area contributed by atoms with Gasteiger partial charge >= 0.3 is 0 Å². The average Bonchev–Trinajstić information content (AvgIpc) is 2.29. The largest absolute Gasteiger partial charge is 0.234 e. The Morgan fingerprint density at radius 1 is 1.38 bits per heavy atom. The van der Waals surface area contributed by atoms with Crippen LogP contribution in [0.1, 0.15) is 37.0 Å². The zero-order chi connectivity index (χ0) is 12.0. The highest BCUT2D eigenvalue weighted by atomic mass is 14.9. The molecule has 1 heterocycles. The van der Waals surface area contributed by atoms with Gasteiger partial charge in [0.25, 0.3) is 0 Å². The van der Waals surface area contributed by atoms with Crippen LogP contribution in [0.2, 0.25) is 0 Å². The highest BCUT2D eigenvalue weighted by Crippen LogP contribution is 2.16. The second kappa shape index (κ2) is 6.01. The number of unbranched alkanes of at least 4 members (excludes halogenated alkanes) is 1. The predicted molar refractivity (Wildman–Crippen MR) is 69.9 cm³/mol. The van der Waals surface area contributed by atoms with Gasteiger partial charge in [0.2, 0.25) is 0 Å². The summed E-state index contributed by atoms with van der Waals surface area (Å²) in [5.74, 6) is 0.761. The molecule has 2 heteroatoms. The van der Waals surface area contributed by atoms with Crippen LogP contribution >= 0.6 is 0 Å². The predicted octanol–water partition coefficient (Wildman–Crippen LogP) is 3.80. The standard InChI is InChI=1S/C14H18N2/c1-5-8-9-12(6-2)14-10-13(7-3)15-11(4)16-14/h6-7,9-10H,2-3,5,8H2,1,4H3/b12-9+. The number of rotatable bonds is 5. The van der Waals surface area contributed by atoms with E-state index in [1.54, 1.807) is 6.08 Å². The van der Waals surface area contributed by atoms with Crippen LogP contribution in [-0.4, -0.2) is 9.97 Å². The molecule has 0 aliphatic carbocycles. The van der Waals surface area contributed by atoms with Gasteiger partial charge in [0.15, 0.2) is 0 Å². The molecule has 0 unspecified atom stereocenters. The van der Waals surface area contributed by atoms with E-state index in [4.69, 9.17) is 0 Å². The minimum absolute atomic E-state index is 0.761. The Morgan fingerprint density at radius 2 is 2.12 bits per heavy atom. The third kappa shape index (κ3) is 3.16. The van der Waals surface area contributed by atoms with Gasteiger partial charge < -0.3 is 0 Å². The van der Waals surface area contributed by atoms with Gasteiger partial charge in [0.1, 0.15) is 5.82 Å². The maximum atomic E-state index is 4.41. The Morgan fingerprint density at radius 3 is 2.69 bits per heavy atom. The van der Waals surface area contributed by atoms with Crippen LogP contribution in [0.4, 0.5) is 0 Å². The lowest BCUT2D eigenvalue weighted by molar-refractivity contribution is 0.957. The molecule has 1 aromatic rings. The molecule has 0 aliphatic rings. The van der Waals surface area contributed by atoms with Gasteiger partial charge in [-0.3, -0.25) is 0 Å². The third-order valence-corrected chi connectivity index (χ3v) is 2.24. The van der Waals surface area contributed by atoms with Crippen molar-refractivity contribution in [3.05, 3.63) is 48.6 Å². The quantitative estimate of drug-likeness (QED) is 0.697. The molecule has 1 aromatic heterocycles. The first-order valence-corrected chi connectivity index (χ1v) is 5.52. The van der Waals surface area contributed by atoms with Crippen LogP contribution in [0.25, 0.3) is 11.6 Å². The Hall–Kier alpha value is -1.70. The fraction of sp³-hybridized carbons (Fsp3) is 0.286. The number of hydrogen-bond acceptors (Lipinski definition) is 2. The molecule has 0 radical (unpaired) electrons. The van der Waals surface area contributed by atoms with Crippen molar-refractivity contribution in [3.8, 4) is 0 Å². The Balaban J connectivity index is 3.14. The Bertz CT molecular complexity index is 417. The summed E-state index contributed by atoms with van der Waals surface area (Å²) in [4.78, 5) is 8.67. The van der Waals surface area contributed by atoms with Crippen LogP contribution in [0, 0.1) is 6.92 Å². The van der Waals surface area contributed by atoms with E-state index < -0.39 is 0 Å². The van der Waals surface area contributed by atoms with Gasteiger partial charge in [-0.15, -0.1) is 0 Å². The fourth-order valence-corrected chi connectivity index (χ4v) is 1.44. The second-order valence-electron chi connectivity index (χ2n) is 3.58. The smallest absolute Gasteiger partial charge is 0.126 e. The van der Waals surface area contributed by atoms with Crippen molar-refractivity contribution in [3.63, 3.8) is 0 Å². The highest BCUT2D eigenvalue weighted by molar-refractivity contribution is 5.72. The van der Waals surface area contributed by atoms with Gasteiger partial charge in [-0.1, -0.05) is 38.7 Å². The van der Waals surface area contributed by atoms with E-state index in [9.17, 15) is 0 Å². The van der Waals surface area contributed by atoms with Gasteiger partial charge in [0, 0.05) is 0 Å². The van der Waals surface area contributed by atoms with Gasteiger partial charge in [0.05, 0.1) is 11.4 Å². The molecule has 0 amide bonds. The van der Waals surface area contributed by atoms with Gasteiger partial charge in [-0.2, -0.15) is 0 Å². The van der Waals surface area contributed by atoms with Crippen LogP contribution in [0.15, 0.2) is 31.4 Å². The Labute approximate surface area is 97.5 Å². The summed E-state index contributed by atoms with van der Waals surface area (Å²) in [7, 11) is 0. The molecule has 0 saturated heterocycles. The summed E-state index contributed by atoms with van der Waals surface area (Å²) >= 11 is 0. The average molecular weight is 214 g/mol. The number of hydrogen-bond donors (Lipinski definition) is 0. The number of nitrogens with zero attached hydrogens (tertiary/aromatic N) is 2.